The third kappa shape index (κ3) is 8.10. The van der Waals surface area contributed by atoms with Crippen LogP contribution in [0.15, 0.2) is 16.4 Å². The topological polar surface area (TPSA) is 48.9 Å². The second-order valence-corrected chi connectivity index (χ2v) is 7.49. The summed E-state index contributed by atoms with van der Waals surface area (Å²) in [7, 11) is 0. The molecule has 150 valence electrons. The normalized spacial score (nSPS) is 15.9. The first-order chi connectivity index (χ1) is 12.2. The van der Waals surface area contributed by atoms with Gasteiger partial charge < -0.3 is 15.4 Å². The number of hydrogen-bond donors (Lipinski definition) is 2. The van der Waals surface area contributed by atoms with E-state index in [1.165, 1.54) is 12.0 Å². The van der Waals surface area contributed by atoms with Gasteiger partial charge >= 0.3 is 0 Å². The quantitative estimate of drug-likeness (QED) is 0.226. The van der Waals surface area contributed by atoms with Crippen LogP contribution in [0.2, 0.25) is 0 Å². The molecule has 1 aliphatic heterocycles. The highest BCUT2D eigenvalue weighted by Crippen LogP contribution is 2.25. The number of hydrogen-bond acceptors (Lipinski definition) is 4. The van der Waals surface area contributed by atoms with E-state index in [0.29, 0.717) is 6.04 Å². The molecule has 5 nitrogen and oxygen atoms in total. The van der Waals surface area contributed by atoms with Crippen molar-refractivity contribution in [1.29, 1.82) is 0 Å². The number of rotatable bonds is 10. The Labute approximate surface area is 180 Å². The number of aliphatic imine (C=N–C) groups is 1. The fourth-order valence-corrected chi connectivity index (χ4v) is 3.90. The van der Waals surface area contributed by atoms with Crippen LogP contribution in [-0.4, -0.2) is 56.3 Å². The van der Waals surface area contributed by atoms with Gasteiger partial charge in [-0.1, -0.05) is 0 Å². The Morgan fingerprint density at radius 2 is 2.19 bits per heavy atom. The average molecular weight is 494 g/mol. The number of halogens is 1. The maximum atomic E-state index is 5.37. The molecule has 1 aromatic rings. The zero-order valence-electron chi connectivity index (χ0n) is 16.4. The lowest BCUT2D eigenvalue weighted by Gasteiger charge is -2.31. The van der Waals surface area contributed by atoms with E-state index in [0.717, 1.165) is 64.7 Å². The van der Waals surface area contributed by atoms with E-state index in [1.54, 1.807) is 4.88 Å². The smallest absolute Gasteiger partial charge is 0.191 e. The van der Waals surface area contributed by atoms with E-state index in [2.05, 4.69) is 40.8 Å². The zero-order chi connectivity index (χ0) is 17.9. The Morgan fingerprint density at radius 1 is 1.35 bits per heavy atom. The number of guanidine groups is 1. The van der Waals surface area contributed by atoms with Crippen LogP contribution in [0.4, 0.5) is 0 Å². The van der Waals surface area contributed by atoms with Gasteiger partial charge in [0.15, 0.2) is 5.96 Å². The highest BCUT2D eigenvalue weighted by Gasteiger charge is 2.21. The molecule has 2 heterocycles. The Morgan fingerprint density at radius 3 is 2.96 bits per heavy atom. The molecule has 0 fully saturated rings. The predicted molar refractivity (Wildman–Crippen MR) is 123 cm³/mol. The first-order valence-electron chi connectivity index (χ1n) is 9.63. The minimum absolute atomic E-state index is 0. The zero-order valence-corrected chi connectivity index (χ0v) is 19.6. The summed E-state index contributed by atoms with van der Waals surface area (Å²) in [6.07, 6.45) is 3.37. The molecule has 1 aliphatic rings. The highest BCUT2D eigenvalue weighted by molar-refractivity contribution is 14.0. The molecule has 1 aromatic heterocycles. The van der Waals surface area contributed by atoms with Crippen LogP contribution in [0.5, 0.6) is 0 Å². The molecule has 0 spiro atoms. The van der Waals surface area contributed by atoms with Gasteiger partial charge in [0, 0.05) is 50.3 Å². The first kappa shape index (κ1) is 23.7. The van der Waals surface area contributed by atoms with Crippen molar-refractivity contribution in [2.24, 2.45) is 4.99 Å². The number of ether oxygens (including phenoxy) is 1. The number of thiophene rings is 1. The minimum Gasteiger partial charge on any atom is -0.382 e. The van der Waals surface area contributed by atoms with Crippen molar-refractivity contribution in [2.75, 3.05) is 39.4 Å². The van der Waals surface area contributed by atoms with Gasteiger partial charge in [-0.2, -0.15) is 0 Å². The Kier molecular flexibility index (Phi) is 12.5. The van der Waals surface area contributed by atoms with E-state index in [9.17, 15) is 0 Å². The Balaban J connectivity index is 0.00000338. The van der Waals surface area contributed by atoms with Crippen molar-refractivity contribution >= 4 is 41.3 Å². The van der Waals surface area contributed by atoms with Crippen molar-refractivity contribution in [3.8, 4) is 0 Å². The van der Waals surface area contributed by atoms with Crippen LogP contribution < -0.4 is 10.6 Å². The lowest BCUT2D eigenvalue weighted by atomic mass is 10.1. The molecule has 0 bridgehead atoms. The highest BCUT2D eigenvalue weighted by atomic mass is 127. The maximum absolute atomic E-state index is 5.37. The van der Waals surface area contributed by atoms with Crippen LogP contribution in [-0.2, 0) is 17.7 Å². The monoisotopic (exact) mass is 494 g/mol. The minimum atomic E-state index is 0. The third-order valence-corrected chi connectivity index (χ3v) is 5.55. The van der Waals surface area contributed by atoms with Crippen molar-refractivity contribution in [2.45, 2.75) is 52.6 Å². The number of nitrogens with zero attached hydrogens (tertiary/aromatic N) is 2. The Hall–Kier alpha value is -0.380. The molecule has 0 saturated carbocycles. The van der Waals surface area contributed by atoms with E-state index in [-0.39, 0.29) is 24.0 Å². The summed E-state index contributed by atoms with van der Waals surface area (Å²) in [5.74, 6) is 0.930. The van der Waals surface area contributed by atoms with Crippen molar-refractivity contribution in [3.05, 3.63) is 21.9 Å². The maximum Gasteiger partial charge on any atom is 0.191 e. The second-order valence-electron chi connectivity index (χ2n) is 6.49. The molecule has 0 aromatic carbocycles. The predicted octanol–water partition coefficient (Wildman–Crippen LogP) is 3.48. The molecule has 1 atom stereocenters. The van der Waals surface area contributed by atoms with Gasteiger partial charge in [0.25, 0.3) is 0 Å². The molecule has 1 unspecified atom stereocenters. The second kappa shape index (κ2) is 13.7. The lowest BCUT2D eigenvalue weighted by molar-refractivity contribution is 0.143. The van der Waals surface area contributed by atoms with Gasteiger partial charge in [0.2, 0.25) is 0 Å². The van der Waals surface area contributed by atoms with E-state index < -0.39 is 0 Å². The molecule has 7 heteroatoms. The molecule has 2 N–H and O–H groups in total. The lowest BCUT2D eigenvalue weighted by Crippen LogP contribution is -2.41. The summed E-state index contributed by atoms with van der Waals surface area (Å²) in [5, 5.41) is 9.00. The van der Waals surface area contributed by atoms with Crippen molar-refractivity contribution in [3.63, 3.8) is 0 Å². The molecular formula is C19H35IN4OS. The number of nitrogens with one attached hydrogen (secondary N) is 2. The fraction of sp³-hybridized carbons (Fsp3) is 0.737. The molecule has 0 amide bonds. The molecule has 2 rings (SSSR count). The molecule has 0 radical (unpaired) electrons. The first-order valence-corrected chi connectivity index (χ1v) is 10.5. The molecule has 26 heavy (non-hydrogen) atoms. The van der Waals surface area contributed by atoms with Crippen molar-refractivity contribution in [1.82, 2.24) is 15.5 Å². The number of fused-ring (bicyclic) bond motifs is 1. The summed E-state index contributed by atoms with van der Waals surface area (Å²) in [6, 6.07) is 2.73. The fourth-order valence-electron chi connectivity index (χ4n) is 3.01. The van der Waals surface area contributed by atoms with E-state index in [4.69, 9.17) is 9.73 Å². The molecule has 0 aliphatic carbocycles. The van der Waals surface area contributed by atoms with Crippen molar-refractivity contribution < 1.29 is 4.74 Å². The summed E-state index contributed by atoms with van der Waals surface area (Å²) in [5.41, 5.74) is 1.51. The summed E-state index contributed by atoms with van der Waals surface area (Å²) in [6.45, 7) is 13.0. The van der Waals surface area contributed by atoms with Gasteiger partial charge in [-0.05, 0) is 57.0 Å². The van der Waals surface area contributed by atoms with Gasteiger partial charge in [0.1, 0.15) is 0 Å². The van der Waals surface area contributed by atoms with Gasteiger partial charge in [0.05, 0.1) is 6.54 Å². The molecule has 0 saturated heterocycles. The summed E-state index contributed by atoms with van der Waals surface area (Å²) < 4.78 is 5.37. The summed E-state index contributed by atoms with van der Waals surface area (Å²) in [4.78, 5) is 8.90. The largest absolute Gasteiger partial charge is 0.382 e. The van der Waals surface area contributed by atoms with E-state index in [1.807, 2.05) is 18.3 Å². The SMILES string of the molecule is CCNC(=NCC(C)N1CCc2sccc2C1)NCCCCOCC.I. The van der Waals surface area contributed by atoms with Crippen LogP contribution in [0.25, 0.3) is 0 Å². The third-order valence-electron chi connectivity index (χ3n) is 4.53. The average Bonchev–Trinajstić information content (AvgIpc) is 3.09. The Bertz CT molecular complexity index is 523. The van der Waals surface area contributed by atoms with Crippen LogP contribution in [0.3, 0.4) is 0 Å². The van der Waals surface area contributed by atoms with E-state index >= 15 is 0 Å². The standard InChI is InChI=1S/C19H34N4OS.HI/c1-4-20-19(21-10-6-7-12-24-5-2)22-14-16(3)23-11-8-18-17(15-23)9-13-25-18;/h9,13,16H,4-8,10-12,14-15H2,1-3H3,(H2,20,21,22);1H. The van der Waals surface area contributed by atoms with Crippen LogP contribution in [0.1, 0.15) is 44.1 Å². The summed E-state index contributed by atoms with van der Waals surface area (Å²) >= 11 is 1.90. The van der Waals surface area contributed by atoms with Gasteiger partial charge in [-0.25, -0.2) is 0 Å². The number of unbranched alkanes of at least 4 members (excludes halogenated alkanes) is 1. The van der Waals surface area contributed by atoms with Crippen LogP contribution in [0, 0.1) is 0 Å². The molecular weight excluding hydrogens is 459 g/mol. The van der Waals surface area contributed by atoms with Gasteiger partial charge in [-0.3, -0.25) is 9.89 Å². The van der Waals surface area contributed by atoms with Crippen LogP contribution >= 0.6 is 35.3 Å². The van der Waals surface area contributed by atoms with Gasteiger partial charge in [-0.15, -0.1) is 35.3 Å².